The van der Waals surface area contributed by atoms with Gasteiger partial charge in [0.2, 0.25) is 0 Å². The van der Waals surface area contributed by atoms with E-state index in [9.17, 15) is 23.1 Å². The zero-order valence-electron chi connectivity index (χ0n) is 9.95. The van der Waals surface area contributed by atoms with Crippen molar-refractivity contribution in [2.24, 2.45) is 0 Å². The van der Waals surface area contributed by atoms with Gasteiger partial charge in [-0.2, -0.15) is 0 Å². The summed E-state index contributed by atoms with van der Waals surface area (Å²) in [5.74, 6) is -4.18. The lowest BCUT2D eigenvalue weighted by atomic mass is 10.1. The molecule has 20 heavy (non-hydrogen) atoms. The number of nitrogen functional groups attached to an aromatic ring is 1. The summed E-state index contributed by atoms with van der Waals surface area (Å²) in [5, 5.41) is 11.5. The number of nitrogens with one attached hydrogen (secondary N) is 1. The maximum atomic E-state index is 13.5. The number of halogens is 3. The molecule has 0 aliphatic heterocycles. The molecule has 0 atom stereocenters. The van der Waals surface area contributed by atoms with E-state index < -0.39 is 40.4 Å². The van der Waals surface area contributed by atoms with Gasteiger partial charge in [0.15, 0.2) is 5.82 Å². The van der Waals surface area contributed by atoms with Crippen molar-refractivity contribution in [2.75, 3.05) is 11.1 Å². The molecule has 7 heteroatoms. The summed E-state index contributed by atoms with van der Waals surface area (Å²) in [6, 6.07) is 4.08. The monoisotopic (exact) mass is 282 g/mol. The summed E-state index contributed by atoms with van der Waals surface area (Å²) in [4.78, 5) is 11.8. The van der Waals surface area contributed by atoms with Crippen molar-refractivity contribution < 1.29 is 23.1 Å². The predicted octanol–water partition coefficient (Wildman–Crippen LogP) is 2.64. The Kier molecular flexibility index (Phi) is 3.51. The number of carbonyl (C=O) groups is 1. The maximum absolute atomic E-state index is 13.5. The number of phenolic OH excluding ortho intramolecular Hbond substituents is 1. The first-order valence-electron chi connectivity index (χ1n) is 5.43. The molecule has 104 valence electrons. The molecule has 1 amide bonds. The third-order valence-corrected chi connectivity index (χ3v) is 2.53. The Morgan fingerprint density at radius 2 is 1.80 bits per heavy atom. The number of benzene rings is 2. The average Bonchev–Trinajstić information content (AvgIpc) is 2.36. The van der Waals surface area contributed by atoms with Crippen molar-refractivity contribution in [3.05, 3.63) is 53.3 Å². The number of amides is 1. The van der Waals surface area contributed by atoms with Gasteiger partial charge in [0.25, 0.3) is 5.91 Å². The summed E-state index contributed by atoms with van der Waals surface area (Å²) in [6.07, 6.45) is 0. The highest BCUT2D eigenvalue weighted by Gasteiger charge is 2.16. The van der Waals surface area contributed by atoms with Crippen LogP contribution in [0.5, 0.6) is 5.75 Å². The molecule has 0 aromatic heterocycles. The van der Waals surface area contributed by atoms with Gasteiger partial charge >= 0.3 is 0 Å². The van der Waals surface area contributed by atoms with Crippen LogP contribution in [0.15, 0.2) is 30.3 Å². The van der Waals surface area contributed by atoms with Gasteiger partial charge in [0, 0.05) is 6.07 Å². The first-order chi connectivity index (χ1) is 9.38. The molecule has 0 aliphatic rings. The third-order valence-electron chi connectivity index (χ3n) is 2.53. The molecule has 0 saturated heterocycles. The quantitative estimate of drug-likeness (QED) is 0.741. The number of anilines is 2. The maximum Gasteiger partial charge on any atom is 0.259 e. The first-order valence-corrected chi connectivity index (χ1v) is 5.43. The normalized spacial score (nSPS) is 10.3. The van der Waals surface area contributed by atoms with Gasteiger partial charge in [-0.05, 0) is 24.3 Å². The van der Waals surface area contributed by atoms with Gasteiger partial charge in [-0.3, -0.25) is 4.79 Å². The lowest BCUT2D eigenvalue weighted by molar-refractivity contribution is 0.102. The summed E-state index contributed by atoms with van der Waals surface area (Å²) in [7, 11) is 0. The molecular weight excluding hydrogens is 273 g/mol. The minimum atomic E-state index is -1.08. The lowest BCUT2D eigenvalue weighted by Gasteiger charge is -2.10. The number of hydrogen-bond acceptors (Lipinski definition) is 3. The van der Waals surface area contributed by atoms with Gasteiger partial charge in [0.05, 0.1) is 11.3 Å². The molecule has 4 N–H and O–H groups in total. The SMILES string of the molecule is Nc1cc(F)cc(F)c1NC(=O)c1cc(F)ccc1O. The zero-order chi connectivity index (χ0) is 14.9. The van der Waals surface area contributed by atoms with Crippen molar-refractivity contribution in [1.29, 1.82) is 0 Å². The molecule has 0 radical (unpaired) electrons. The van der Waals surface area contributed by atoms with Crippen molar-refractivity contribution in [1.82, 2.24) is 0 Å². The van der Waals surface area contributed by atoms with E-state index in [1.54, 1.807) is 0 Å². The molecule has 0 saturated carbocycles. The van der Waals surface area contributed by atoms with E-state index in [1.807, 2.05) is 0 Å². The van der Waals surface area contributed by atoms with E-state index in [2.05, 4.69) is 5.32 Å². The van der Waals surface area contributed by atoms with Crippen LogP contribution < -0.4 is 11.1 Å². The van der Waals surface area contributed by atoms with E-state index in [-0.39, 0.29) is 5.69 Å². The molecule has 2 aromatic carbocycles. The van der Waals surface area contributed by atoms with Gasteiger partial charge in [-0.1, -0.05) is 0 Å². The number of nitrogens with two attached hydrogens (primary N) is 1. The standard InChI is InChI=1S/C13H9F3N2O2/c14-6-1-2-11(19)8(3-6)13(20)18-12-9(16)4-7(15)5-10(12)17/h1-5,19H,17H2,(H,18,20). The molecule has 2 aromatic rings. The van der Waals surface area contributed by atoms with Crippen LogP contribution in [0.2, 0.25) is 0 Å². The van der Waals surface area contributed by atoms with Crippen molar-refractivity contribution in [3.8, 4) is 5.75 Å². The van der Waals surface area contributed by atoms with E-state index in [4.69, 9.17) is 5.73 Å². The third kappa shape index (κ3) is 2.66. The molecule has 0 bridgehead atoms. The molecule has 4 nitrogen and oxygen atoms in total. The highest BCUT2D eigenvalue weighted by Crippen LogP contribution is 2.26. The van der Waals surface area contributed by atoms with Crippen molar-refractivity contribution >= 4 is 17.3 Å². The molecule has 0 fully saturated rings. The average molecular weight is 282 g/mol. The molecule has 2 rings (SSSR count). The van der Waals surface area contributed by atoms with Gasteiger partial charge in [-0.25, -0.2) is 13.2 Å². The van der Waals surface area contributed by atoms with Crippen LogP contribution in [-0.2, 0) is 0 Å². The Hall–Kier alpha value is -2.70. The summed E-state index contributed by atoms with van der Waals surface area (Å²) >= 11 is 0. The summed E-state index contributed by atoms with van der Waals surface area (Å²) in [5.41, 5.74) is 4.22. The van der Waals surface area contributed by atoms with E-state index in [0.29, 0.717) is 6.07 Å². The van der Waals surface area contributed by atoms with Crippen LogP contribution in [0.4, 0.5) is 24.5 Å². The Labute approximate surface area is 111 Å². The Morgan fingerprint density at radius 1 is 1.10 bits per heavy atom. The number of aromatic hydroxyl groups is 1. The summed E-state index contributed by atoms with van der Waals surface area (Å²) < 4.78 is 39.4. The van der Waals surface area contributed by atoms with Gasteiger partial charge < -0.3 is 16.2 Å². The second kappa shape index (κ2) is 5.12. The largest absolute Gasteiger partial charge is 0.507 e. The molecule has 0 unspecified atom stereocenters. The van der Waals surface area contributed by atoms with Gasteiger partial charge in [0.1, 0.15) is 23.1 Å². The zero-order valence-corrected chi connectivity index (χ0v) is 9.95. The van der Waals surface area contributed by atoms with Crippen LogP contribution in [0.25, 0.3) is 0 Å². The van der Waals surface area contributed by atoms with Gasteiger partial charge in [-0.15, -0.1) is 0 Å². The van der Waals surface area contributed by atoms with Crippen LogP contribution in [0.1, 0.15) is 10.4 Å². The number of hydrogen-bond donors (Lipinski definition) is 3. The molecule has 0 aliphatic carbocycles. The second-order valence-electron chi connectivity index (χ2n) is 3.97. The number of phenols is 1. The lowest BCUT2D eigenvalue weighted by Crippen LogP contribution is -2.15. The number of rotatable bonds is 2. The van der Waals surface area contributed by atoms with Crippen LogP contribution in [0, 0.1) is 17.5 Å². The highest BCUT2D eigenvalue weighted by atomic mass is 19.1. The fourth-order valence-corrected chi connectivity index (χ4v) is 1.60. The van der Waals surface area contributed by atoms with Crippen LogP contribution >= 0.6 is 0 Å². The fraction of sp³-hybridized carbons (Fsp3) is 0. The minimum Gasteiger partial charge on any atom is -0.507 e. The predicted molar refractivity (Wildman–Crippen MR) is 66.8 cm³/mol. The fourth-order valence-electron chi connectivity index (χ4n) is 1.60. The molecule has 0 spiro atoms. The van der Waals surface area contributed by atoms with Crippen molar-refractivity contribution in [3.63, 3.8) is 0 Å². The van der Waals surface area contributed by atoms with Crippen molar-refractivity contribution in [2.45, 2.75) is 0 Å². The van der Waals surface area contributed by atoms with E-state index in [0.717, 1.165) is 24.3 Å². The Morgan fingerprint density at radius 3 is 2.45 bits per heavy atom. The summed E-state index contributed by atoms with van der Waals surface area (Å²) in [6.45, 7) is 0. The molecule has 0 heterocycles. The second-order valence-corrected chi connectivity index (χ2v) is 3.97. The van der Waals surface area contributed by atoms with Crippen LogP contribution in [-0.4, -0.2) is 11.0 Å². The minimum absolute atomic E-state index is 0.327. The smallest absolute Gasteiger partial charge is 0.259 e. The first kappa shape index (κ1) is 13.7. The van der Waals surface area contributed by atoms with E-state index in [1.165, 1.54) is 0 Å². The van der Waals surface area contributed by atoms with E-state index >= 15 is 0 Å². The number of carbonyl (C=O) groups excluding carboxylic acids is 1. The van der Waals surface area contributed by atoms with Crippen LogP contribution in [0.3, 0.4) is 0 Å². The topological polar surface area (TPSA) is 75.3 Å². The Bertz CT molecular complexity index is 666. The highest BCUT2D eigenvalue weighted by molar-refractivity contribution is 6.07. The molecular formula is C13H9F3N2O2. The Balaban J connectivity index is 2.35.